The predicted molar refractivity (Wildman–Crippen MR) is 89.4 cm³/mol. The number of nitrogens with one attached hydrogen (secondary N) is 2. The molecule has 4 nitrogen and oxygen atoms in total. The second-order valence-corrected chi connectivity index (χ2v) is 5.49. The van der Waals surface area contributed by atoms with Gasteiger partial charge in [-0.1, -0.05) is 48.0 Å². The number of carbonyl (C=O) groups excluding carboxylic acids is 1. The molecule has 3 N–H and O–H groups in total. The zero-order chi connectivity index (χ0) is 15.9. The Morgan fingerprint density at radius 1 is 1.18 bits per heavy atom. The molecule has 2 aromatic carbocycles. The maximum Gasteiger partial charge on any atom is 0.319 e. The van der Waals surface area contributed by atoms with Gasteiger partial charge in [-0.05, 0) is 36.6 Å². The summed E-state index contributed by atoms with van der Waals surface area (Å²) in [5.41, 5.74) is 2.52. The van der Waals surface area contributed by atoms with Crippen LogP contribution in [-0.4, -0.2) is 23.8 Å². The quantitative estimate of drug-likeness (QED) is 0.791. The Kier molecular flexibility index (Phi) is 5.81. The lowest BCUT2D eigenvalue weighted by Crippen LogP contribution is -2.41. The third kappa shape index (κ3) is 4.48. The molecule has 2 aromatic rings. The van der Waals surface area contributed by atoms with Crippen LogP contribution in [0.2, 0.25) is 5.02 Å². The minimum atomic E-state index is -0.361. The number of amides is 2. The van der Waals surface area contributed by atoms with Crippen LogP contribution < -0.4 is 10.6 Å². The molecule has 0 aliphatic heterocycles. The molecule has 0 spiro atoms. The number of aliphatic hydroxyl groups is 1. The molecule has 1 atom stereocenters. The van der Waals surface area contributed by atoms with Gasteiger partial charge in [-0.15, -0.1) is 0 Å². The normalized spacial score (nSPS) is 11.8. The predicted octanol–water partition coefficient (Wildman–Crippen LogP) is 3.37. The van der Waals surface area contributed by atoms with E-state index in [1.807, 2.05) is 37.3 Å². The van der Waals surface area contributed by atoms with Crippen molar-refractivity contribution in [2.75, 3.05) is 11.9 Å². The molecular weight excluding hydrogens is 300 g/mol. The van der Waals surface area contributed by atoms with Crippen molar-refractivity contribution in [1.82, 2.24) is 5.32 Å². The molecule has 22 heavy (non-hydrogen) atoms. The van der Waals surface area contributed by atoms with E-state index in [0.717, 1.165) is 11.1 Å². The summed E-state index contributed by atoms with van der Waals surface area (Å²) >= 11 is 6.03. The highest BCUT2D eigenvalue weighted by Gasteiger charge is 2.13. The van der Waals surface area contributed by atoms with Gasteiger partial charge in [-0.3, -0.25) is 0 Å². The van der Waals surface area contributed by atoms with E-state index < -0.39 is 0 Å². The summed E-state index contributed by atoms with van der Waals surface area (Å²) in [5.74, 6) is 0. The van der Waals surface area contributed by atoms with Gasteiger partial charge in [-0.25, -0.2) is 4.79 Å². The number of rotatable bonds is 5. The van der Waals surface area contributed by atoms with E-state index in [0.29, 0.717) is 17.1 Å². The van der Waals surface area contributed by atoms with Crippen LogP contribution in [0, 0.1) is 6.92 Å². The number of aliphatic hydroxyl groups excluding tert-OH is 1. The Morgan fingerprint density at radius 3 is 2.59 bits per heavy atom. The van der Waals surface area contributed by atoms with E-state index in [-0.39, 0.29) is 18.7 Å². The molecular formula is C17H19ClN2O2. The van der Waals surface area contributed by atoms with Crippen molar-refractivity contribution in [1.29, 1.82) is 0 Å². The topological polar surface area (TPSA) is 61.4 Å². The Balaban J connectivity index is 1.96. The number of anilines is 1. The molecule has 0 fully saturated rings. The fourth-order valence-corrected chi connectivity index (χ4v) is 2.32. The van der Waals surface area contributed by atoms with Crippen LogP contribution in [0.4, 0.5) is 10.5 Å². The Morgan fingerprint density at radius 2 is 1.91 bits per heavy atom. The lowest BCUT2D eigenvalue weighted by Gasteiger charge is -2.17. The largest absolute Gasteiger partial charge is 0.394 e. The number of carbonyl (C=O) groups is 1. The SMILES string of the molecule is Cc1c(Cl)cccc1NC(=O)NC(CO)Cc1ccccc1. The van der Waals surface area contributed by atoms with Gasteiger partial charge in [0, 0.05) is 10.7 Å². The van der Waals surface area contributed by atoms with E-state index in [2.05, 4.69) is 10.6 Å². The van der Waals surface area contributed by atoms with Crippen molar-refractivity contribution in [2.24, 2.45) is 0 Å². The summed E-state index contributed by atoms with van der Waals surface area (Å²) in [6, 6.07) is 14.3. The monoisotopic (exact) mass is 318 g/mol. The number of halogens is 1. The third-order valence-corrected chi connectivity index (χ3v) is 3.81. The van der Waals surface area contributed by atoms with Crippen LogP contribution in [0.15, 0.2) is 48.5 Å². The van der Waals surface area contributed by atoms with Crippen LogP contribution in [-0.2, 0) is 6.42 Å². The fourth-order valence-electron chi connectivity index (χ4n) is 2.15. The molecule has 0 radical (unpaired) electrons. The molecule has 0 saturated carbocycles. The first-order valence-electron chi connectivity index (χ1n) is 7.07. The molecule has 0 saturated heterocycles. The molecule has 0 aromatic heterocycles. The third-order valence-electron chi connectivity index (χ3n) is 3.40. The molecule has 0 bridgehead atoms. The average molecular weight is 319 g/mol. The Labute approximate surface area is 135 Å². The highest BCUT2D eigenvalue weighted by atomic mass is 35.5. The van der Waals surface area contributed by atoms with Crippen molar-refractivity contribution in [3.63, 3.8) is 0 Å². The number of urea groups is 1. The van der Waals surface area contributed by atoms with Crippen molar-refractivity contribution in [3.05, 3.63) is 64.7 Å². The first-order valence-corrected chi connectivity index (χ1v) is 7.45. The highest BCUT2D eigenvalue weighted by molar-refractivity contribution is 6.31. The lowest BCUT2D eigenvalue weighted by atomic mass is 10.1. The number of benzene rings is 2. The zero-order valence-electron chi connectivity index (χ0n) is 12.3. The Hall–Kier alpha value is -2.04. The Bertz CT molecular complexity index is 632. The molecule has 2 amide bonds. The van der Waals surface area contributed by atoms with Gasteiger partial charge in [0.1, 0.15) is 0 Å². The first-order chi connectivity index (χ1) is 10.6. The van der Waals surface area contributed by atoms with Gasteiger partial charge in [-0.2, -0.15) is 0 Å². The smallest absolute Gasteiger partial charge is 0.319 e. The molecule has 0 aliphatic carbocycles. The van der Waals surface area contributed by atoms with Crippen LogP contribution in [0.25, 0.3) is 0 Å². The second-order valence-electron chi connectivity index (χ2n) is 5.08. The number of hydrogen-bond acceptors (Lipinski definition) is 2. The maximum absolute atomic E-state index is 12.1. The van der Waals surface area contributed by atoms with Crippen molar-refractivity contribution in [3.8, 4) is 0 Å². The summed E-state index contributed by atoms with van der Waals surface area (Å²) in [6.07, 6.45) is 0.569. The molecule has 0 aliphatic rings. The van der Waals surface area contributed by atoms with Gasteiger partial charge in [0.05, 0.1) is 12.6 Å². The van der Waals surface area contributed by atoms with Crippen LogP contribution in [0.3, 0.4) is 0 Å². The van der Waals surface area contributed by atoms with E-state index in [4.69, 9.17) is 11.6 Å². The van der Waals surface area contributed by atoms with Gasteiger partial charge < -0.3 is 15.7 Å². The molecule has 5 heteroatoms. The fraction of sp³-hybridized carbons (Fsp3) is 0.235. The van der Waals surface area contributed by atoms with E-state index >= 15 is 0 Å². The minimum absolute atomic E-state index is 0.128. The molecule has 2 rings (SSSR count). The van der Waals surface area contributed by atoms with Gasteiger partial charge in [0.25, 0.3) is 0 Å². The van der Waals surface area contributed by atoms with Gasteiger partial charge in [0.15, 0.2) is 0 Å². The van der Waals surface area contributed by atoms with Crippen LogP contribution >= 0.6 is 11.6 Å². The van der Waals surface area contributed by atoms with Gasteiger partial charge in [0.2, 0.25) is 0 Å². The van der Waals surface area contributed by atoms with Gasteiger partial charge >= 0.3 is 6.03 Å². The number of hydrogen-bond donors (Lipinski definition) is 3. The minimum Gasteiger partial charge on any atom is -0.394 e. The summed E-state index contributed by atoms with van der Waals surface area (Å²) in [6.45, 7) is 1.71. The first kappa shape index (κ1) is 16.3. The summed E-state index contributed by atoms with van der Waals surface area (Å²) < 4.78 is 0. The summed E-state index contributed by atoms with van der Waals surface area (Å²) in [4.78, 5) is 12.1. The summed E-state index contributed by atoms with van der Waals surface area (Å²) in [7, 11) is 0. The molecule has 1 unspecified atom stereocenters. The van der Waals surface area contributed by atoms with Crippen LogP contribution in [0.5, 0.6) is 0 Å². The van der Waals surface area contributed by atoms with E-state index in [9.17, 15) is 9.90 Å². The van der Waals surface area contributed by atoms with E-state index in [1.165, 1.54) is 0 Å². The molecule has 0 heterocycles. The standard InChI is InChI=1S/C17H19ClN2O2/c1-12-15(18)8-5-9-16(12)20-17(22)19-14(11-21)10-13-6-3-2-4-7-13/h2-9,14,21H,10-11H2,1H3,(H2,19,20,22). The van der Waals surface area contributed by atoms with Crippen LogP contribution in [0.1, 0.15) is 11.1 Å². The summed E-state index contributed by atoms with van der Waals surface area (Å²) in [5, 5.41) is 15.6. The lowest BCUT2D eigenvalue weighted by molar-refractivity contribution is 0.224. The average Bonchev–Trinajstić information content (AvgIpc) is 2.52. The van der Waals surface area contributed by atoms with E-state index in [1.54, 1.807) is 18.2 Å². The van der Waals surface area contributed by atoms with Crippen molar-refractivity contribution >= 4 is 23.3 Å². The zero-order valence-corrected chi connectivity index (χ0v) is 13.1. The second kappa shape index (κ2) is 7.82. The van der Waals surface area contributed by atoms with Crippen molar-refractivity contribution < 1.29 is 9.90 Å². The maximum atomic E-state index is 12.1. The van der Waals surface area contributed by atoms with Crippen molar-refractivity contribution in [2.45, 2.75) is 19.4 Å². The highest BCUT2D eigenvalue weighted by Crippen LogP contribution is 2.22. The molecule has 116 valence electrons.